The van der Waals surface area contributed by atoms with Crippen LogP contribution in [0.4, 0.5) is 0 Å². The first-order chi connectivity index (χ1) is 11.1. The Hall–Kier alpha value is -2.51. The van der Waals surface area contributed by atoms with Gasteiger partial charge in [0.05, 0.1) is 12.5 Å². The fourth-order valence-corrected chi connectivity index (χ4v) is 2.83. The Bertz CT molecular complexity index is 631. The molecule has 1 saturated heterocycles. The smallest absolute Gasteiger partial charge is 0.271 e. The number of aromatic nitrogens is 2. The Morgan fingerprint density at radius 1 is 1.30 bits per heavy atom. The summed E-state index contributed by atoms with van der Waals surface area (Å²) < 4.78 is 0. The molecule has 0 radical (unpaired) electrons. The molecular weight excluding hydrogens is 298 g/mol. The lowest BCUT2D eigenvalue weighted by molar-refractivity contribution is -0.130. The summed E-state index contributed by atoms with van der Waals surface area (Å²) in [7, 11) is 3.36. The topological polar surface area (TPSA) is 88.0 Å². The molecule has 0 spiro atoms. The Balaban J connectivity index is 1.57. The Labute approximate surface area is 134 Å². The summed E-state index contributed by atoms with van der Waals surface area (Å²) in [6, 6.07) is 0. The third-order valence-corrected chi connectivity index (χ3v) is 4.12. The SMILES string of the molecule is CN(C)C(=O)C1=NO[C@@H]2CN(C(=O)CCc3cncnc3)C[C@H]12. The van der Waals surface area contributed by atoms with Gasteiger partial charge in [-0.2, -0.15) is 0 Å². The number of aryl methyl sites for hydroxylation is 1. The quantitative estimate of drug-likeness (QED) is 0.761. The molecular formula is C15H19N5O3. The molecule has 2 atom stereocenters. The van der Waals surface area contributed by atoms with Gasteiger partial charge in [0, 0.05) is 39.5 Å². The molecule has 0 aliphatic carbocycles. The van der Waals surface area contributed by atoms with Crippen LogP contribution in [-0.4, -0.2) is 70.6 Å². The van der Waals surface area contributed by atoms with Gasteiger partial charge in [0.15, 0.2) is 11.8 Å². The third kappa shape index (κ3) is 3.15. The van der Waals surface area contributed by atoms with Crippen molar-refractivity contribution in [3.05, 3.63) is 24.3 Å². The molecule has 1 aromatic rings. The zero-order chi connectivity index (χ0) is 16.4. The van der Waals surface area contributed by atoms with E-state index in [1.807, 2.05) is 0 Å². The summed E-state index contributed by atoms with van der Waals surface area (Å²) in [5.74, 6) is -0.245. The molecule has 8 heteroatoms. The second kappa shape index (κ2) is 6.31. The van der Waals surface area contributed by atoms with Crippen molar-refractivity contribution < 1.29 is 14.4 Å². The van der Waals surface area contributed by atoms with Crippen LogP contribution in [0.3, 0.4) is 0 Å². The Morgan fingerprint density at radius 3 is 2.74 bits per heavy atom. The van der Waals surface area contributed by atoms with Crippen molar-refractivity contribution in [2.24, 2.45) is 11.1 Å². The predicted molar refractivity (Wildman–Crippen MR) is 81.4 cm³/mol. The van der Waals surface area contributed by atoms with Crippen molar-refractivity contribution in [1.82, 2.24) is 19.8 Å². The number of amides is 2. The predicted octanol–water partition coefficient (Wildman–Crippen LogP) is -0.289. The first kappa shape index (κ1) is 15.4. The molecule has 23 heavy (non-hydrogen) atoms. The summed E-state index contributed by atoms with van der Waals surface area (Å²) in [6.07, 6.45) is 5.67. The Kier molecular flexibility index (Phi) is 4.22. The molecule has 8 nitrogen and oxygen atoms in total. The molecule has 0 saturated carbocycles. The van der Waals surface area contributed by atoms with Gasteiger partial charge in [-0.3, -0.25) is 9.59 Å². The van der Waals surface area contributed by atoms with E-state index in [0.717, 1.165) is 5.56 Å². The van der Waals surface area contributed by atoms with Crippen molar-refractivity contribution in [2.45, 2.75) is 18.9 Å². The van der Waals surface area contributed by atoms with Gasteiger partial charge in [0.25, 0.3) is 5.91 Å². The van der Waals surface area contributed by atoms with Crippen molar-refractivity contribution in [3.8, 4) is 0 Å². The highest BCUT2D eigenvalue weighted by atomic mass is 16.6. The van der Waals surface area contributed by atoms with E-state index in [2.05, 4.69) is 15.1 Å². The van der Waals surface area contributed by atoms with Gasteiger partial charge in [0.1, 0.15) is 6.33 Å². The minimum Gasteiger partial charge on any atom is -0.389 e. The van der Waals surface area contributed by atoms with Gasteiger partial charge in [0.2, 0.25) is 5.91 Å². The molecule has 1 fully saturated rings. The number of hydrogen-bond acceptors (Lipinski definition) is 6. The van der Waals surface area contributed by atoms with Crippen LogP contribution in [0.5, 0.6) is 0 Å². The van der Waals surface area contributed by atoms with E-state index in [-0.39, 0.29) is 23.8 Å². The first-order valence-electron chi connectivity index (χ1n) is 7.53. The molecule has 0 unspecified atom stereocenters. The third-order valence-electron chi connectivity index (χ3n) is 4.12. The van der Waals surface area contributed by atoms with Crippen LogP contribution in [0.25, 0.3) is 0 Å². The fraction of sp³-hybridized carbons (Fsp3) is 0.533. The van der Waals surface area contributed by atoms with E-state index in [9.17, 15) is 9.59 Å². The summed E-state index contributed by atoms with van der Waals surface area (Å²) in [4.78, 5) is 40.9. The maximum Gasteiger partial charge on any atom is 0.271 e. The molecule has 122 valence electrons. The monoisotopic (exact) mass is 317 g/mol. The lowest BCUT2D eigenvalue weighted by atomic mass is 10.00. The van der Waals surface area contributed by atoms with Crippen LogP contribution in [0.15, 0.2) is 23.9 Å². The number of carbonyl (C=O) groups excluding carboxylic acids is 2. The normalized spacial score (nSPS) is 22.3. The minimum atomic E-state index is -0.210. The van der Waals surface area contributed by atoms with Gasteiger partial charge in [-0.25, -0.2) is 9.97 Å². The molecule has 1 aromatic heterocycles. The highest BCUT2D eigenvalue weighted by molar-refractivity contribution is 6.40. The van der Waals surface area contributed by atoms with Crippen molar-refractivity contribution >= 4 is 17.5 Å². The maximum absolute atomic E-state index is 12.4. The van der Waals surface area contributed by atoms with E-state index in [1.54, 1.807) is 31.4 Å². The number of nitrogens with zero attached hydrogens (tertiary/aromatic N) is 5. The molecule has 0 N–H and O–H groups in total. The van der Waals surface area contributed by atoms with E-state index < -0.39 is 0 Å². The van der Waals surface area contributed by atoms with Crippen LogP contribution in [0.2, 0.25) is 0 Å². The standard InChI is InChI=1S/C15H19N5O3/c1-19(2)15(22)14-11-7-20(8-12(11)23-18-14)13(21)4-3-10-5-16-9-17-6-10/h5-6,9,11-12H,3-4,7-8H2,1-2H3/t11-,12+/m0/s1. The number of rotatable bonds is 4. The molecule has 0 aromatic carbocycles. The van der Waals surface area contributed by atoms with Gasteiger partial charge in [-0.15, -0.1) is 0 Å². The van der Waals surface area contributed by atoms with E-state index in [4.69, 9.17) is 4.84 Å². The van der Waals surface area contributed by atoms with Gasteiger partial charge in [-0.05, 0) is 12.0 Å². The first-order valence-corrected chi connectivity index (χ1v) is 7.53. The summed E-state index contributed by atoms with van der Waals surface area (Å²) in [5, 5.41) is 3.90. The summed E-state index contributed by atoms with van der Waals surface area (Å²) >= 11 is 0. The van der Waals surface area contributed by atoms with Crippen LogP contribution in [-0.2, 0) is 20.8 Å². The van der Waals surface area contributed by atoms with Crippen LogP contribution in [0.1, 0.15) is 12.0 Å². The minimum absolute atomic E-state index is 0.0449. The van der Waals surface area contributed by atoms with Crippen molar-refractivity contribution in [1.29, 1.82) is 0 Å². The van der Waals surface area contributed by atoms with E-state index in [0.29, 0.717) is 31.6 Å². The van der Waals surface area contributed by atoms with Crippen LogP contribution in [0, 0.1) is 5.92 Å². The molecule has 2 aliphatic heterocycles. The molecule has 2 aliphatic rings. The lowest BCUT2D eigenvalue weighted by Crippen LogP contribution is -2.36. The zero-order valence-electron chi connectivity index (χ0n) is 13.2. The summed E-state index contributed by atoms with van der Waals surface area (Å²) in [5.41, 5.74) is 1.34. The van der Waals surface area contributed by atoms with Gasteiger partial charge < -0.3 is 14.6 Å². The largest absolute Gasteiger partial charge is 0.389 e. The van der Waals surface area contributed by atoms with Crippen molar-refractivity contribution in [3.63, 3.8) is 0 Å². The fourth-order valence-electron chi connectivity index (χ4n) is 2.83. The summed E-state index contributed by atoms with van der Waals surface area (Å²) in [6.45, 7) is 0.954. The second-order valence-electron chi connectivity index (χ2n) is 5.97. The number of carbonyl (C=O) groups is 2. The molecule has 2 amide bonds. The molecule has 0 bridgehead atoms. The van der Waals surface area contributed by atoms with Gasteiger partial charge in [-0.1, -0.05) is 5.16 Å². The molecule has 3 heterocycles. The van der Waals surface area contributed by atoms with Crippen molar-refractivity contribution in [2.75, 3.05) is 27.2 Å². The Morgan fingerprint density at radius 2 is 2.04 bits per heavy atom. The van der Waals surface area contributed by atoms with Crippen LogP contribution < -0.4 is 0 Å². The molecule has 3 rings (SSSR count). The number of fused-ring (bicyclic) bond motifs is 1. The highest BCUT2D eigenvalue weighted by Crippen LogP contribution is 2.28. The average Bonchev–Trinajstić information content (AvgIpc) is 3.13. The van der Waals surface area contributed by atoms with E-state index >= 15 is 0 Å². The lowest BCUT2D eigenvalue weighted by Gasteiger charge is -2.17. The number of hydrogen-bond donors (Lipinski definition) is 0. The van der Waals surface area contributed by atoms with Gasteiger partial charge >= 0.3 is 0 Å². The second-order valence-corrected chi connectivity index (χ2v) is 5.97. The number of likely N-dealkylation sites (tertiary alicyclic amines) is 1. The average molecular weight is 317 g/mol. The maximum atomic E-state index is 12.4. The zero-order valence-corrected chi connectivity index (χ0v) is 13.2. The van der Waals surface area contributed by atoms with E-state index in [1.165, 1.54) is 11.2 Å². The highest BCUT2D eigenvalue weighted by Gasteiger charge is 2.46. The number of oxime groups is 1. The van der Waals surface area contributed by atoms with Crippen LogP contribution >= 0.6 is 0 Å².